The molecular formula is C19H22FIN4O3. The van der Waals surface area contributed by atoms with Gasteiger partial charge in [-0.2, -0.15) is 0 Å². The van der Waals surface area contributed by atoms with Crippen LogP contribution in [-0.4, -0.2) is 46.3 Å². The van der Waals surface area contributed by atoms with Crippen molar-refractivity contribution in [3.8, 4) is 5.88 Å². The molecule has 0 saturated carbocycles. The van der Waals surface area contributed by atoms with Gasteiger partial charge in [0.25, 0.3) is 0 Å². The van der Waals surface area contributed by atoms with E-state index in [1.165, 1.54) is 12.4 Å². The molecule has 0 spiro atoms. The third kappa shape index (κ3) is 5.66. The number of likely N-dealkylation sites (tertiary alicyclic amines) is 1. The SMILES string of the molecule is CC(C)OC(=O)N1CCC(Oc2cc(Nc3ccc(I)cc3F)ncn2)CC1. The largest absolute Gasteiger partial charge is 0.474 e. The molecule has 150 valence electrons. The Hall–Kier alpha value is -2.17. The van der Waals surface area contributed by atoms with Crippen LogP contribution in [0.2, 0.25) is 0 Å². The Labute approximate surface area is 176 Å². The lowest BCUT2D eigenvalue weighted by Gasteiger charge is -2.31. The van der Waals surface area contributed by atoms with E-state index in [1.807, 2.05) is 19.9 Å². The number of aromatic nitrogens is 2. The molecule has 1 fully saturated rings. The van der Waals surface area contributed by atoms with Gasteiger partial charge in [0, 0.05) is 35.6 Å². The summed E-state index contributed by atoms with van der Waals surface area (Å²) >= 11 is 2.05. The minimum atomic E-state index is -0.353. The van der Waals surface area contributed by atoms with E-state index in [0.717, 1.165) is 3.57 Å². The summed E-state index contributed by atoms with van der Waals surface area (Å²) in [6, 6.07) is 6.55. The Bertz CT molecular complexity index is 829. The van der Waals surface area contributed by atoms with Crippen LogP contribution in [0.15, 0.2) is 30.6 Å². The van der Waals surface area contributed by atoms with Crippen molar-refractivity contribution in [2.24, 2.45) is 0 Å². The molecular weight excluding hydrogens is 478 g/mol. The quantitative estimate of drug-likeness (QED) is 0.616. The molecule has 1 aromatic heterocycles. The molecule has 1 aliphatic heterocycles. The Morgan fingerprint density at radius 3 is 2.71 bits per heavy atom. The number of piperidine rings is 1. The Balaban J connectivity index is 1.56. The number of nitrogens with one attached hydrogen (secondary N) is 1. The number of benzene rings is 1. The summed E-state index contributed by atoms with van der Waals surface area (Å²) in [5, 5.41) is 2.94. The van der Waals surface area contributed by atoms with E-state index in [9.17, 15) is 9.18 Å². The molecule has 1 N–H and O–H groups in total. The monoisotopic (exact) mass is 500 g/mol. The van der Waals surface area contributed by atoms with E-state index in [0.29, 0.717) is 43.3 Å². The molecule has 3 rings (SSSR count). The van der Waals surface area contributed by atoms with Crippen LogP contribution in [0.25, 0.3) is 0 Å². The van der Waals surface area contributed by atoms with Crippen LogP contribution < -0.4 is 10.1 Å². The van der Waals surface area contributed by atoms with E-state index in [1.54, 1.807) is 17.0 Å². The second-order valence-electron chi connectivity index (χ2n) is 6.73. The molecule has 7 nitrogen and oxygen atoms in total. The smallest absolute Gasteiger partial charge is 0.410 e. The number of ether oxygens (including phenoxy) is 2. The fourth-order valence-corrected chi connectivity index (χ4v) is 3.26. The normalized spacial score (nSPS) is 14.8. The number of carbonyl (C=O) groups is 1. The first-order chi connectivity index (χ1) is 13.4. The highest BCUT2D eigenvalue weighted by Gasteiger charge is 2.25. The second kappa shape index (κ2) is 9.35. The number of amides is 1. The first-order valence-corrected chi connectivity index (χ1v) is 10.1. The van der Waals surface area contributed by atoms with E-state index in [4.69, 9.17) is 9.47 Å². The van der Waals surface area contributed by atoms with Gasteiger partial charge in [-0.15, -0.1) is 0 Å². The van der Waals surface area contributed by atoms with Crippen LogP contribution in [-0.2, 0) is 4.74 Å². The van der Waals surface area contributed by atoms with Gasteiger partial charge >= 0.3 is 6.09 Å². The fraction of sp³-hybridized carbons (Fsp3) is 0.421. The van der Waals surface area contributed by atoms with Gasteiger partial charge in [-0.25, -0.2) is 19.2 Å². The topological polar surface area (TPSA) is 76.6 Å². The van der Waals surface area contributed by atoms with Gasteiger partial charge < -0.3 is 19.7 Å². The van der Waals surface area contributed by atoms with E-state index in [2.05, 4.69) is 37.9 Å². The average molecular weight is 500 g/mol. The summed E-state index contributed by atoms with van der Waals surface area (Å²) in [5.74, 6) is 0.503. The molecule has 9 heteroatoms. The lowest BCUT2D eigenvalue weighted by atomic mass is 10.1. The van der Waals surface area contributed by atoms with Crippen molar-refractivity contribution < 1.29 is 18.7 Å². The minimum Gasteiger partial charge on any atom is -0.474 e. The molecule has 0 aliphatic carbocycles. The number of rotatable bonds is 5. The summed E-state index contributed by atoms with van der Waals surface area (Å²) in [7, 11) is 0. The number of halogens is 2. The first kappa shape index (κ1) is 20.6. The zero-order valence-electron chi connectivity index (χ0n) is 15.7. The highest BCUT2D eigenvalue weighted by molar-refractivity contribution is 14.1. The number of hydrogen-bond acceptors (Lipinski definition) is 6. The average Bonchev–Trinajstić information content (AvgIpc) is 2.64. The molecule has 0 unspecified atom stereocenters. The Kier molecular flexibility index (Phi) is 6.87. The zero-order chi connectivity index (χ0) is 20.1. The van der Waals surface area contributed by atoms with Gasteiger partial charge in [0.2, 0.25) is 5.88 Å². The Morgan fingerprint density at radius 1 is 1.29 bits per heavy atom. The molecule has 1 aromatic carbocycles. The standard InChI is InChI=1S/C19H22FIN4O3/c1-12(2)27-19(26)25-7-5-14(6-8-25)28-18-10-17(22-11-23-18)24-16-4-3-13(21)9-15(16)20/h3-4,9-12,14H,5-8H2,1-2H3,(H,22,23,24). The maximum Gasteiger partial charge on any atom is 0.410 e. The lowest BCUT2D eigenvalue weighted by Crippen LogP contribution is -2.42. The highest BCUT2D eigenvalue weighted by Crippen LogP contribution is 2.23. The predicted octanol–water partition coefficient (Wildman–Crippen LogP) is 4.35. The fourth-order valence-electron chi connectivity index (χ4n) is 2.80. The van der Waals surface area contributed by atoms with E-state index in [-0.39, 0.29) is 24.1 Å². The number of carbonyl (C=O) groups excluding carboxylic acids is 1. The van der Waals surface area contributed by atoms with Crippen molar-refractivity contribution in [3.63, 3.8) is 0 Å². The first-order valence-electron chi connectivity index (χ1n) is 9.07. The van der Waals surface area contributed by atoms with Crippen LogP contribution in [0.5, 0.6) is 5.88 Å². The summed E-state index contributed by atoms with van der Waals surface area (Å²) in [6.45, 7) is 4.80. The summed E-state index contributed by atoms with van der Waals surface area (Å²) in [4.78, 5) is 21.9. The summed E-state index contributed by atoms with van der Waals surface area (Å²) in [5.41, 5.74) is 0.335. The van der Waals surface area contributed by atoms with Crippen molar-refractivity contribution in [1.82, 2.24) is 14.9 Å². The molecule has 1 aliphatic rings. The summed E-state index contributed by atoms with van der Waals surface area (Å²) < 4.78 is 26.0. The van der Waals surface area contributed by atoms with E-state index >= 15 is 0 Å². The van der Waals surface area contributed by atoms with Crippen LogP contribution in [0.1, 0.15) is 26.7 Å². The molecule has 0 bridgehead atoms. The van der Waals surface area contributed by atoms with Crippen LogP contribution in [0.4, 0.5) is 20.7 Å². The van der Waals surface area contributed by atoms with Crippen LogP contribution >= 0.6 is 22.6 Å². The molecule has 1 amide bonds. The Morgan fingerprint density at radius 2 is 2.04 bits per heavy atom. The third-order valence-corrected chi connectivity index (χ3v) is 4.83. The molecule has 2 aromatic rings. The van der Waals surface area contributed by atoms with Gasteiger partial charge in [0.05, 0.1) is 11.8 Å². The second-order valence-corrected chi connectivity index (χ2v) is 7.97. The van der Waals surface area contributed by atoms with Gasteiger partial charge in [0.15, 0.2) is 0 Å². The van der Waals surface area contributed by atoms with Crippen molar-refractivity contribution in [1.29, 1.82) is 0 Å². The van der Waals surface area contributed by atoms with Gasteiger partial charge in [-0.05, 0) is 54.6 Å². The van der Waals surface area contributed by atoms with Crippen LogP contribution in [0.3, 0.4) is 0 Å². The van der Waals surface area contributed by atoms with Gasteiger partial charge in [0.1, 0.15) is 24.1 Å². The predicted molar refractivity (Wildman–Crippen MR) is 111 cm³/mol. The molecule has 2 heterocycles. The van der Waals surface area contributed by atoms with Crippen molar-refractivity contribution in [2.45, 2.75) is 38.9 Å². The van der Waals surface area contributed by atoms with Crippen LogP contribution in [0, 0.1) is 9.39 Å². The number of nitrogens with zero attached hydrogens (tertiary/aromatic N) is 3. The summed E-state index contributed by atoms with van der Waals surface area (Å²) in [6.07, 6.45) is 2.27. The maximum atomic E-state index is 14.0. The van der Waals surface area contributed by atoms with Crippen molar-refractivity contribution >= 4 is 40.2 Å². The maximum absolute atomic E-state index is 14.0. The highest BCUT2D eigenvalue weighted by atomic mass is 127. The zero-order valence-corrected chi connectivity index (χ0v) is 17.8. The molecule has 0 atom stereocenters. The van der Waals surface area contributed by atoms with Gasteiger partial charge in [-0.1, -0.05) is 0 Å². The minimum absolute atomic E-state index is 0.0547. The molecule has 1 saturated heterocycles. The molecule has 0 radical (unpaired) electrons. The number of anilines is 2. The third-order valence-electron chi connectivity index (χ3n) is 4.16. The van der Waals surface area contributed by atoms with Crippen molar-refractivity contribution in [2.75, 3.05) is 18.4 Å². The lowest BCUT2D eigenvalue weighted by molar-refractivity contribution is 0.0507. The number of hydrogen-bond donors (Lipinski definition) is 1. The van der Waals surface area contributed by atoms with Crippen molar-refractivity contribution in [3.05, 3.63) is 40.0 Å². The van der Waals surface area contributed by atoms with E-state index < -0.39 is 0 Å². The molecule has 28 heavy (non-hydrogen) atoms. The van der Waals surface area contributed by atoms with Gasteiger partial charge in [-0.3, -0.25) is 0 Å².